The molecule has 1 aromatic rings. The van der Waals surface area contributed by atoms with Crippen molar-refractivity contribution >= 4 is 25.6 Å². The van der Waals surface area contributed by atoms with E-state index in [4.69, 9.17) is 0 Å². The molecule has 0 spiro atoms. The lowest BCUT2D eigenvalue weighted by molar-refractivity contribution is -0.125. The monoisotopic (exact) mass is 455 g/mol. The van der Waals surface area contributed by atoms with Crippen LogP contribution in [0.5, 0.6) is 0 Å². The molecule has 0 N–H and O–H groups in total. The second-order valence-corrected chi connectivity index (χ2v) is 13.3. The first kappa shape index (κ1) is 23.4. The van der Waals surface area contributed by atoms with Crippen molar-refractivity contribution in [3.8, 4) is 0 Å². The van der Waals surface area contributed by atoms with Crippen molar-refractivity contribution in [1.29, 1.82) is 0 Å². The van der Waals surface area contributed by atoms with E-state index in [1.807, 2.05) is 26.0 Å². The van der Waals surface area contributed by atoms with E-state index in [0.29, 0.717) is 50.1 Å². The Bertz CT molecular complexity index is 984. The molecule has 0 amide bonds. The third-order valence-electron chi connectivity index (χ3n) is 6.75. The second-order valence-electron chi connectivity index (χ2n) is 9.09. The van der Waals surface area contributed by atoms with E-state index in [1.165, 1.54) is 10.6 Å². The molecule has 0 radical (unpaired) electrons. The zero-order chi connectivity index (χ0) is 22.1. The quantitative estimate of drug-likeness (QED) is 0.657. The first-order valence-electron chi connectivity index (χ1n) is 10.8. The number of hydrogen-bond acceptors (Lipinski definition) is 5. The normalized spacial score (nSPS) is 24.6. The van der Waals surface area contributed by atoms with Crippen LogP contribution in [0.25, 0.3) is 0 Å². The van der Waals surface area contributed by atoms with Gasteiger partial charge in [-0.25, -0.2) is 16.8 Å². The highest BCUT2D eigenvalue weighted by Gasteiger charge is 2.34. The van der Waals surface area contributed by atoms with Gasteiger partial charge in [0.15, 0.2) is 0 Å². The largest absolute Gasteiger partial charge is 0.299 e. The van der Waals surface area contributed by atoms with Crippen molar-refractivity contribution < 1.29 is 21.6 Å². The molecular weight excluding hydrogens is 422 g/mol. The number of hydrogen-bond donors (Lipinski definition) is 0. The molecule has 1 saturated heterocycles. The summed E-state index contributed by atoms with van der Waals surface area (Å²) in [6.45, 7) is 4.49. The fourth-order valence-corrected chi connectivity index (χ4v) is 7.67. The van der Waals surface area contributed by atoms with Gasteiger partial charge in [-0.2, -0.15) is 4.31 Å². The molecule has 3 rings (SSSR count). The minimum Gasteiger partial charge on any atom is -0.299 e. The van der Waals surface area contributed by atoms with Crippen molar-refractivity contribution in [3.63, 3.8) is 0 Å². The Morgan fingerprint density at radius 3 is 2.10 bits per heavy atom. The van der Waals surface area contributed by atoms with Crippen LogP contribution in [0, 0.1) is 25.7 Å². The van der Waals surface area contributed by atoms with Gasteiger partial charge in [-0.1, -0.05) is 17.7 Å². The summed E-state index contributed by atoms with van der Waals surface area (Å²) < 4.78 is 50.9. The van der Waals surface area contributed by atoms with Crippen molar-refractivity contribution in [1.82, 2.24) is 4.31 Å². The van der Waals surface area contributed by atoms with Crippen LogP contribution in [-0.2, 0) is 24.7 Å². The summed E-state index contributed by atoms with van der Waals surface area (Å²) in [5.74, 6) is 0.372. The molecule has 30 heavy (non-hydrogen) atoms. The minimum absolute atomic E-state index is 0.0943. The van der Waals surface area contributed by atoms with Crippen LogP contribution in [0.2, 0.25) is 0 Å². The standard InChI is InChI=1S/C22H33NO5S2/c1-16-4-9-22(17(2)14-16)30(27,28)23-12-10-19(11-13-23)21(24)15-18-5-7-20(8-6-18)29(3,25)26/h4,9,14,18-20H,5-8,10-13,15H2,1-3H3. The first-order valence-corrected chi connectivity index (χ1v) is 14.2. The van der Waals surface area contributed by atoms with Gasteiger partial charge in [-0.3, -0.25) is 4.79 Å². The minimum atomic E-state index is -3.54. The van der Waals surface area contributed by atoms with Crippen molar-refractivity contribution in [2.45, 2.75) is 68.9 Å². The van der Waals surface area contributed by atoms with E-state index in [-0.39, 0.29) is 22.9 Å². The maximum atomic E-state index is 13.0. The molecule has 0 bridgehead atoms. The van der Waals surface area contributed by atoms with E-state index in [0.717, 1.165) is 24.0 Å². The molecular formula is C22H33NO5S2. The van der Waals surface area contributed by atoms with Gasteiger partial charge < -0.3 is 0 Å². The Hall–Kier alpha value is -1.25. The number of carbonyl (C=O) groups excluding carboxylic acids is 1. The number of carbonyl (C=O) groups is 1. The molecule has 1 saturated carbocycles. The zero-order valence-electron chi connectivity index (χ0n) is 18.1. The highest BCUT2D eigenvalue weighted by atomic mass is 32.2. The summed E-state index contributed by atoms with van der Waals surface area (Å²) in [5, 5.41) is -0.262. The first-order chi connectivity index (χ1) is 14.0. The fraction of sp³-hybridized carbons (Fsp3) is 0.682. The maximum Gasteiger partial charge on any atom is 0.243 e. The number of nitrogens with zero attached hydrogens (tertiary/aromatic N) is 1. The number of ketones is 1. The van der Waals surface area contributed by atoms with Gasteiger partial charge in [-0.15, -0.1) is 0 Å². The lowest BCUT2D eigenvalue weighted by Gasteiger charge is -2.32. The number of sulfonamides is 1. The van der Waals surface area contributed by atoms with Gasteiger partial charge >= 0.3 is 0 Å². The predicted molar refractivity (Wildman–Crippen MR) is 118 cm³/mol. The molecule has 1 heterocycles. The smallest absolute Gasteiger partial charge is 0.243 e. The van der Waals surface area contributed by atoms with E-state index in [1.54, 1.807) is 6.07 Å². The molecule has 2 fully saturated rings. The molecule has 6 nitrogen and oxygen atoms in total. The number of piperidine rings is 1. The van der Waals surface area contributed by atoms with Gasteiger partial charge in [0.1, 0.15) is 15.6 Å². The second kappa shape index (κ2) is 9.09. The summed E-state index contributed by atoms with van der Waals surface area (Å²) in [5.41, 5.74) is 1.78. The molecule has 1 aromatic carbocycles. The number of rotatable bonds is 6. The summed E-state index contributed by atoms with van der Waals surface area (Å²) in [6.07, 6.45) is 5.75. The number of benzene rings is 1. The van der Waals surface area contributed by atoms with E-state index in [9.17, 15) is 21.6 Å². The van der Waals surface area contributed by atoms with Gasteiger partial charge in [0.05, 0.1) is 10.1 Å². The number of sulfone groups is 1. The molecule has 0 atom stereocenters. The summed E-state index contributed by atoms with van der Waals surface area (Å²) in [4.78, 5) is 13.1. The predicted octanol–water partition coefficient (Wildman–Crippen LogP) is 3.27. The van der Waals surface area contributed by atoms with Crippen LogP contribution in [0.3, 0.4) is 0 Å². The van der Waals surface area contributed by atoms with Gasteiger partial charge in [0, 0.05) is 31.7 Å². The molecule has 2 aliphatic rings. The fourth-order valence-electron chi connectivity index (χ4n) is 4.86. The molecule has 0 aromatic heterocycles. The van der Waals surface area contributed by atoms with Crippen LogP contribution in [0.15, 0.2) is 23.1 Å². The lowest BCUT2D eigenvalue weighted by atomic mass is 9.81. The highest BCUT2D eigenvalue weighted by Crippen LogP contribution is 2.33. The average Bonchev–Trinajstić information content (AvgIpc) is 2.67. The van der Waals surface area contributed by atoms with Gasteiger partial charge in [0.25, 0.3) is 0 Å². The summed E-state index contributed by atoms with van der Waals surface area (Å²) >= 11 is 0. The summed E-state index contributed by atoms with van der Waals surface area (Å²) in [7, 11) is -6.53. The molecule has 8 heteroatoms. The Labute approximate surface area is 181 Å². The van der Waals surface area contributed by atoms with E-state index in [2.05, 4.69) is 0 Å². The molecule has 1 aliphatic heterocycles. The maximum absolute atomic E-state index is 13.0. The number of aryl methyl sites for hydroxylation is 2. The highest BCUT2D eigenvalue weighted by molar-refractivity contribution is 7.91. The molecule has 1 aliphatic carbocycles. The lowest BCUT2D eigenvalue weighted by Crippen LogP contribution is -2.40. The van der Waals surface area contributed by atoms with Crippen LogP contribution < -0.4 is 0 Å². The van der Waals surface area contributed by atoms with Crippen molar-refractivity contribution in [3.05, 3.63) is 29.3 Å². The zero-order valence-corrected chi connectivity index (χ0v) is 19.8. The third-order valence-corrected chi connectivity index (χ3v) is 10.5. The number of Topliss-reactive ketones (excluding diaryl/α,β-unsaturated/α-hetero) is 1. The van der Waals surface area contributed by atoms with Crippen LogP contribution in [-0.4, -0.2) is 51.5 Å². The van der Waals surface area contributed by atoms with E-state index >= 15 is 0 Å². The van der Waals surface area contributed by atoms with E-state index < -0.39 is 19.9 Å². The summed E-state index contributed by atoms with van der Waals surface area (Å²) in [6, 6.07) is 5.36. The topological polar surface area (TPSA) is 88.6 Å². The third kappa shape index (κ3) is 5.32. The van der Waals surface area contributed by atoms with Crippen molar-refractivity contribution in [2.24, 2.45) is 11.8 Å². The van der Waals surface area contributed by atoms with Crippen LogP contribution >= 0.6 is 0 Å². The Morgan fingerprint density at radius 1 is 0.967 bits per heavy atom. The molecule has 168 valence electrons. The van der Waals surface area contributed by atoms with Crippen LogP contribution in [0.4, 0.5) is 0 Å². The average molecular weight is 456 g/mol. The Kier molecular flexibility index (Phi) is 7.09. The SMILES string of the molecule is Cc1ccc(S(=O)(=O)N2CCC(C(=O)CC3CCC(S(C)(=O)=O)CC3)CC2)c(C)c1. The Morgan fingerprint density at radius 2 is 1.57 bits per heavy atom. The van der Waals surface area contributed by atoms with Crippen LogP contribution in [0.1, 0.15) is 56.1 Å². The van der Waals surface area contributed by atoms with Crippen molar-refractivity contribution in [2.75, 3.05) is 19.3 Å². The van der Waals surface area contributed by atoms with Gasteiger partial charge in [0.2, 0.25) is 10.0 Å². The van der Waals surface area contributed by atoms with Gasteiger partial charge in [-0.05, 0) is 69.9 Å². The Balaban J connectivity index is 1.53. The molecule has 0 unspecified atom stereocenters.